The minimum absolute atomic E-state index is 0.0479. The molecule has 0 unspecified atom stereocenters. The van der Waals surface area contributed by atoms with Crippen LogP contribution in [0.25, 0.3) is 11.1 Å². The second-order valence-electron chi connectivity index (χ2n) is 4.70. The van der Waals surface area contributed by atoms with E-state index in [9.17, 15) is 19.3 Å². The van der Waals surface area contributed by atoms with E-state index in [2.05, 4.69) is 0 Å². The maximum absolute atomic E-state index is 13.2. The maximum atomic E-state index is 13.2. The summed E-state index contributed by atoms with van der Waals surface area (Å²) in [5.74, 6) is -1.38. The van der Waals surface area contributed by atoms with Gasteiger partial charge < -0.3 is 9.15 Å². The van der Waals surface area contributed by atoms with Crippen LogP contribution in [0, 0.1) is 15.9 Å². The lowest BCUT2D eigenvalue weighted by molar-refractivity contribution is -0.385. The average Bonchev–Trinajstić information content (AvgIpc) is 2.83. The third kappa shape index (κ3) is 2.91. The predicted octanol–water partition coefficient (Wildman–Crippen LogP) is 2.72. The standard InChI is InChI=1S/C15H11FN2O5/c16-10-5-6-12(18(20)21)14(9-10)22-8-7-17-11-3-1-2-4-13(11)23-15(17)19/h1-6,9H,7-8H2. The van der Waals surface area contributed by atoms with Gasteiger partial charge in [0.25, 0.3) is 0 Å². The van der Waals surface area contributed by atoms with Gasteiger partial charge in [0.2, 0.25) is 0 Å². The molecule has 0 fully saturated rings. The van der Waals surface area contributed by atoms with Gasteiger partial charge in [-0.2, -0.15) is 0 Å². The number of benzene rings is 2. The molecule has 23 heavy (non-hydrogen) atoms. The van der Waals surface area contributed by atoms with E-state index in [4.69, 9.17) is 9.15 Å². The van der Waals surface area contributed by atoms with Crippen molar-refractivity contribution in [2.75, 3.05) is 6.61 Å². The molecule has 0 amide bonds. The number of hydrogen-bond donors (Lipinski definition) is 0. The highest BCUT2D eigenvalue weighted by Crippen LogP contribution is 2.27. The summed E-state index contributed by atoms with van der Waals surface area (Å²) >= 11 is 0. The van der Waals surface area contributed by atoms with Crippen LogP contribution in [0.15, 0.2) is 51.7 Å². The number of halogens is 1. The topological polar surface area (TPSA) is 87.5 Å². The van der Waals surface area contributed by atoms with Crippen molar-refractivity contribution in [2.24, 2.45) is 0 Å². The van der Waals surface area contributed by atoms with E-state index in [-0.39, 0.29) is 24.6 Å². The van der Waals surface area contributed by atoms with Crippen molar-refractivity contribution < 1.29 is 18.5 Å². The zero-order valence-electron chi connectivity index (χ0n) is 11.8. The first-order chi connectivity index (χ1) is 11.1. The van der Waals surface area contributed by atoms with Crippen LogP contribution in [-0.2, 0) is 6.54 Å². The molecule has 0 saturated heterocycles. The summed E-state index contributed by atoms with van der Waals surface area (Å²) < 4.78 is 24.9. The summed E-state index contributed by atoms with van der Waals surface area (Å²) in [5, 5.41) is 10.9. The van der Waals surface area contributed by atoms with Gasteiger partial charge in [-0.3, -0.25) is 14.7 Å². The largest absolute Gasteiger partial charge is 0.485 e. The number of ether oxygens (including phenoxy) is 1. The van der Waals surface area contributed by atoms with Crippen LogP contribution in [0.5, 0.6) is 5.75 Å². The molecule has 0 saturated carbocycles. The van der Waals surface area contributed by atoms with Crippen molar-refractivity contribution in [2.45, 2.75) is 6.54 Å². The second kappa shape index (κ2) is 5.91. The van der Waals surface area contributed by atoms with Crippen LogP contribution < -0.4 is 10.5 Å². The zero-order chi connectivity index (χ0) is 16.4. The molecule has 0 aliphatic carbocycles. The van der Waals surface area contributed by atoms with Crippen molar-refractivity contribution in [1.29, 1.82) is 0 Å². The molecule has 0 N–H and O–H groups in total. The van der Waals surface area contributed by atoms with E-state index in [1.165, 1.54) is 4.57 Å². The Morgan fingerprint density at radius 2 is 2.04 bits per heavy atom. The molecule has 2 aromatic carbocycles. The molecule has 0 atom stereocenters. The molecular weight excluding hydrogens is 307 g/mol. The van der Waals surface area contributed by atoms with Crippen LogP contribution in [0.2, 0.25) is 0 Å². The molecule has 3 rings (SSSR count). The molecule has 8 heteroatoms. The normalized spacial score (nSPS) is 10.8. The van der Waals surface area contributed by atoms with Gasteiger partial charge in [-0.1, -0.05) is 12.1 Å². The lowest BCUT2D eigenvalue weighted by Crippen LogP contribution is -2.18. The summed E-state index contributed by atoms with van der Waals surface area (Å²) in [6, 6.07) is 9.82. The van der Waals surface area contributed by atoms with E-state index in [1.54, 1.807) is 24.3 Å². The first-order valence-corrected chi connectivity index (χ1v) is 6.71. The summed E-state index contributed by atoms with van der Waals surface area (Å²) in [6.07, 6.45) is 0. The molecule has 1 aromatic heterocycles. The Hall–Kier alpha value is -3.16. The number of nitro groups is 1. The minimum Gasteiger partial charge on any atom is -0.485 e. The number of nitro benzene ring substituents is 1. The molecule has 0 spiro atoms. The fourth-order valence-electron chi connectivity index (χ4n) is 2.23. The fraction of sp³-hybridized carbons (Fsp3) is 0.133. The van der Waals surface area contributed by atoms with E-state index in [0.29, 0.717) is 11.1 Å². The average molecular weight is 318 g/mol. The number of para-hydroxylation sites is 2. The Bertz CT molecular complexity index is 931. The van der Waals surface area contributed by atoms with Gasteiger partial charge in [0.1, 0.15) is 12.4 Å². The SMILES string of the molecule is O=c1oc2ccccc2n1CCOc1cc(F)ccc1[N+](=O)[O-]. The lowest BCUT2D eigenvalue weighted by Gasteiger charge is -2.07. The van der Waals surface area contributed by atoms with Gasteiger partial charge in [-0.15, -0.1) is 0 Å². The Morgan fingerprint density at radius 1 is 1.26 bits per heavy atom. The number of aromatic nitrogens is 1. The Balaban J connectivity index is 1.79. The third-order valence-corrected chi connectivity index (χ3v) is 3.26. The molecular formula is C15H11FN2O5. The van der Waals surface area contributed by atoms with E-state index in [1.807, 2.05) is 0 Å². The number of nitrogens with zero attached hydrogens (tertiary/aromatic N) is 2. The van der Waals surface area contributed by atoms with E-state index < -0.39 is 16.5 Å². The Kier molecular flexibility index (Phi) is 3.80. The molecule has 0 aliphatic rings. The summed E-state index contributed by atoms with van der Waals surface area (Å²) in [5.41, 5.74) is 0.694. The van der Waals surface area contributed by atoms with Crippen LogP contribution in [0.3, 0.4) is 0 Å². The molecule has 0 aliphatic heterocycles. The Morgan fingerprint density at radius 3 is 2.83 bits per heavy atom. The van der Waals surface area contributed by atoms with Crippen LogP contribution >= 0.6 is 0 Å². The molecule has 118 valence electrons. The van der Waals surface area contributed by atoms with Crippen molar-refractivity contribution in [3.05, 3.63) is 68.9 Å². The van der Waals surface area contributed by atoms with Crippen molar-refractivity contribution in [1.82, 2.24) is 4.57 Å². The highest BCUT2D eigenvalue weighted by Gasteiger charge is 2.16. The molecule has 0 bridgehead atoms. The molecule has 1 heterocycles. The van der Waals surface area contributed by atoms with E-state index >= 15 is 0 Å². The molecule has 0 radical (unpaired) electrons. The molecule has 3 aromatic rings. The van der Waals surface area contributed by atoms with Gasteiger partial charge in [-0.05, 0) is 18.2 Å². The van der Waals surface area contributed by atoms with Gasteiger partial charge >= 0.3 is 11.4 Å². The number of rotatable bonds is 5. The van der Waals surface area contributed by atoms with Crippen molar-refractivity contribution in [3.8, 4) is 5.75 Å². The maximum Gasteiger partial charge on any atom is 0.420 e. The summed E-state index contributed by atoms with van der Waals surface area (Å²) in [6.45, 7) is 0.0667. The summed E-state index contributed by atoms with van der Waals surface area (Å²) in [4.78, 5) is 22.0. The van der Waals surface area contributed by atoms with Gasteiger partial charge in [-0.25, -0.2) is 9.18 Å². The lowest BCUT2D eigenvalue weighted by atomic mass is 10.3. The number of oxazole rings is 1. The first-order valence-electron chi connectivity index (χ1n) is 6.71. The third-order valence-electron chi connectivity index (χ3n) is 3.26. The minimum atomic E-state index is -0.659. The second-order valence-corrected chi connectivity index (χ2v) is 4.70. The summed E-state index contributed by atoms with van der Waals surface area (Å²) in [7, 11) is 0. The molecule has 7 nitrogen and oxygen atoms in total. The smallest absolute Gasteiger partial charge is 0.420 e. The van der Waals surface area contributed by atoms with Gasteiger partial charge in [0.05, 0.1) is 17.0 Å². The van der Waals surface area contributed by atoms with E-state index in [0.717, 1.165) is 18.2 Å². The zero-order valence-corrected chi connectivity index (χ0v) is 11.8. The highest BCUT2D eigenvalue weighted by atomic mass is 19.1. The number of fused-ring (bicyclic) bond motifs is 1. The van der Waals surface area contributed by atoms with Gasteiger partial charge in [0, 0.05) is 12.1 Å². The first kappa shape index (κ1) is 14.8. The Labute approximate surface area is 128 Å². The monoisotopic (exact) mass is 318 g/mol. The van der Waals surface area contributed by atoms with Crippen LogP contribution in [-0.4, -0.2) is 16.1 Å². The van der Waals surface area contributed by atoms with Crippen molar-refractivity contribution in [3.63, 3.8) is 0 Å². The van der Waals surface area contributed by atoms with Crippen LogP contribution in [0.1, 0.15) is 0 Å². The fourth-order valence-corrected chi connectivity index (χ4v) is 2.23. The highest BCUT2D eigenvalue weighted by molar-refractivity contribution is 5.72. The van der Waals surface area contributed by atoms with Crippen LogP contribution in [0.4, 0.5) is 10.1 Å². The predicted molar refractivity (Wildman–Crippen MR) is 79.0 cm³/mol. The number of hydrogen-bond acceptors (Lipinski definition) is 5. The van der Waals surface area contributed by atoms with Gasteiger partial charge in [0.15, 0.2) is 11.3 Å². The quantitative estimate of drug-likeness (QED) is 0.533. The van der Waals surface area contributed by atoms with Crippen molar-refractivity contribution >= 4 is 16.8 Å².